The van der Waals surface area contributed by atoms with Crippen LogP contribution in [0.4, 0.5) is 10.1 Å². The number of carbonyl (C=O) groups excluding carboxylic acids is 1. The molecule has 10 heteroatoms. The molecule has 0 aliphatic carbocycles. The van der Waals surface area contributed by atoms with E-state index >= 15 is 4.39 Å². The zero-order valence-corrected chi connectivity index (χ0v) is 21.1. The fourth-order valence-corrected chi connectivity index (χ4v) is 5.25. The van der Waals surface area contributed by atoms with Crippen molar-refractivity contribution in [2.45, 2.75) is 13.2 Å². The summed E-state index contributed by atoms with van der Waals surface area (Å²) in [5.41, 5.74) is 1.52. The maximum absolute atomic E-state index is 16.0. The van der Waals surface area contributed by atoms with E-state index in [-0.39, 0.29) is 30.0 Å². The Kier molecular flexibility index (Phi) is 7.43. The predicted octanol–water partition coefficient (Wildman–Crippen LogP) is 4.33. The van der Waals surface area contributed by atoms with Crippen molar-refractivity contribution in [1.82, 2.24) is 4.72 Å². The number of rotatable bonds is 10. The van der Waals surface area contributed by atoms with Crippen LogP contribution in [0.1, 0.15) is 11.1 Å². The summed E-state index contributed by atoms with van der Waals surface area (Å²) in [6.07, 6.45) is 0. The molecular formula is C28H25FN2O6S. The summed E-state index contributed by atoms with van der Waals surface area (Å²) in [7, 11) is -4.27. The summed E-state index contributed by atoms with van der Waals surface area (Å²) in [5.74, 6) is -1.20. The molecule has 0 saturated carbocycles. The lowest BCUT2D eigenvalue weighted by Gasteiger charge is -2.21. The number of fused-ring (bicyclic) bond motifs is 1. The minimum absolute atomic E-state index is 0.00177. The highest BCUT2D eigenvalue weighted by molar-refractivity contribution is 7.92. The minimum atomic E-state index is -4.27. The lowest BCUT2D eigenvalue weighted by atomic mass is 10.1. The normalized spacial score (nSPS) is 14.4. The van der Waals surface area contributed by atoms with E-state index in [0.717, 1.165) is 11.1 Å². The zero-order chi connectivity index (χ0) is 26.5. The Balaban J connectivity index is 1.39. The van der Waals surface area contributed by atoms with Gasteiger partial charge in [-0.3, -0.25) is 4.79 Å². The van der Waals surface area contributed by atoms with Gasteiger partial charge in [0.05, 0.1) is 13.2 Å². The molecule has 38 heavy (non-hydrogen) atoms. The summed E-state index contributed by atoms with van der Waals surface area (Å²) < 4.78 is 61.0. The van der Waals surface area contributed by atoms with Crippen LogP contribution in [0.25, 0.3) is 10.8 Å². The summed E-state index contributed by atoms with van der Waals surface area (Å²) >= 11 is 0. The van der Waals surface area contributed by atoms with Crippen LogP contribution >= 0.6 is 0 Å². The molecule has 1 aliphatic heterocycles. The monoisotopic (exact) mass is 536 g/mol. The van der Waals surface area contributed by atoms with Crippen molar-refractivity contribution >= 4 is 32.6 Å². The van der Waals surface area contributed by atoms with Gasteiger partial charge in [0.15, 0.2) is 5.82 Å². The first kappa shape index (κ1) is 25.5. The number of anilines is 1. The number of nitrogens with zero attached hydrogens (tertiary/aromatic N) is 1. The first-order valence-corrected chi connectivity index (χ1v) is 13.4. The topological polar surface area (TPSA) is 94.2 Å². The van der Waals surface area contributed by atoms with Gasteiger partial charge in [-0.05, 0) is 34.7 Å². The standard InChI is InChI=1S/C28H25FN2O6S/c29-27-24-16-23(36-14-13-35-18-20-7-3-1-4-8-20)12-11-22(24)15-25(37-19-21-9-5-2-6-10-21)28(27)31-17-26(32)30-38(31,33)34/h1-12,15-16H,13-14,17-19H2,(H,30,32). The van der Waals surface area contributed by atoms with Gasteiger partial charge in [-0.1, -0.05) is 66.7 Å². The molecule has 1 N–H and O–H groups in total. The Morgan fingerprint density at radius 1 is 0.842 bits per heavy atom. The van der Waals surface area contributed by atoms with E-state index in [1.807, 2.05) is 65.4 Å². The molecule has 0 atom stereocenters. The highest BCUT2D eigenvalue weighted by atomic mass is 32.2. The third-order valence-corrected chi connectivity index (χ3v) is 7.28. The summed E-state index contributed by atoms with van der Waals surface area (Å²) in [5, 5.41) is 0.613. The Morgan fingerprint density at radius 3 is 2.18 bits per heavy atom. The highest BCUT2D eigenvalue weighted by Crippen LogP contribution is 2.40. The Labute approximate surface area is 219 Å². The van der Waals surface area contributed by atoms with Gasteiger partial charge in [0.25, 0.3) is 5.91 Å². The lowest BCUT2D eigenvalue weighted by molar-refractivity contribution is -0.117. The van der Waals surface area contributed by atoms with Crippen LogP contribution in [-0.2, 0) is 33.0 Å². The van der Waals surface area contributed by atoms with Crippen molar-refractivity contribution in [1.29, 1.82) is 0 Å². The van der Waals surface area contributed by atoms with Crippen molar-refractivity contribution in [3.63, 3.8) is 0 Å². The number of carbonyl (C=O) groups is 1. The quantitative estimate of drug-likeness (QED) is 0.303. The van der Waals surface area contributed by atoms with Crippen molar-refractivity contribution in [2.24, 2.45) is 0 Å². The summed E-state index contributed by atoms with van der Waals surface area (Å²) in [6.45, 7) is 0.541. The second-order valence-electron chi connectivity index (χ2n) is 8.62. The van der Waals surface area contributed by atoms with Crippen LogP contribution < -0.4 is 18.5 Å². The van der Waals surface area contributed by atoms with Gasteiger partial charge >= 0.3 is 10.2 Å². The van der Waals surface area contributed by atoms with E-state index in [9.17, 15) is 13.2 Å². The molecule has 1 fully saturated rings. The molecule has 8 nitrogen and oxygen atoms in total. The van der Waals surface area contributed by atoms with Crippen molar-refractivity contribution in [3.8, 4) is 11.5 Å². The number of hydrogen-bond donors (Lipinski definition) is 1. The van der Waals surface area contributed by atoms with Crippen LogP contribution in [0.2, 0.25) is 0 Å². The fraction of sp³-hybridized carbons (Fsp3) is 0.179. The first-order valence-electron chi connectivity index (χ1n) is 11.9. The molecule has 1 saturated heterocycles. The average molecular weight is 537 g/mol. The zero-order valence-electron chi connectivity index (χ0n) is 20.3. The molecule has 5 rings (SSSR count). The van der Waals surface area contributed by atoms with E-state index in [1.165, 1.54) is 6.07 Å². The second-order valence-corrected chi connectivity index (χ2v) is 10.2. The van der Waals surface area contributed by atoms with Gasteiger partial charge in [-0.15, -0.1) is 0 Å². The molecular weight excluding hydrogens is 511 g/mol. The van der Waals surface area contributed by atoms with Crippen LogP contribution in [-0.4, -0.2) is 34.1 Å². The third-order valence-electron chi connectivity index (χ3n) is 5.90. The van der Waals surface area contributed by atoms with Gasteiger partial charge in [0.1, 0.15) is 36.9 Å². The number of hydrogen-bond acceptors (Lipinski definition) is 6. The molecule has 1 amide bonds. The molecule has 1 heterocycles. The molecule has 4 aromatic rings. The average Bonchev–Trinajstić information content (AvgIpc) is 3.19. The fourth-order valence-electron chi connectivity index (χ4n) is 4.09. The first-order chi connectivity index (χ1) is 18.4. The SMILES string of the molecule is O=C1CN(c2c(OCc3ccccc3)cc3ccc(OCCOCc4ccccc4)cc3c2F)S(=O)(=O)N1. The van der Waals surface area contributed by atoms with Crippen LogP contribution in [0.15, 0.2) is 84.9 Å². The maximum Gasteiger partial charge on any atom is 0.326 e. The maximum atomic E-state index is 16.0. The summed E-state index contributed by atoms with van der Waals surface area (Å²) in [4.78, 5) is 11.9. The van der Waals surface area contributed by atoms with Crippen molar-refractivity contribution < 1.29 is 31.8 Å². The molecule has 1 aliphatic rings. The molecule has 0 spiro atoms. The Bertz CT molecular complexity index is 1550. The van der Waals surface area contributed by atoms with E-state index in [0.29, 0.717) is 28.7 Å². The molecule has 0 unspecified atom stereocenters. The van der Waals surface area contributed by atoms with Crippen LogP contribution in [0, 0.1) is 5.82 Å². The van der Waals surface area contributed by atoms with Gasteiger partial charge in [-0.25, -0.2) is 13.4 Å². The molecule has 0 bridgehead atoms. The smallest absolute Gasteiger partial charge is 0.326 e. The molecule has 4 aromatic carbocycles. The number of benzene rings is 4. The number of nitrogens with one attached hydrogen (secondary N) is 1. The van der Waals surface area contributed by atoms with E-state index < -0.39 is 28.5 Å². The van der Waals surface area contributed by atoms with Crippen LogP contribution in [0.5, 0.6) is 11.5 Å². The highest BCUT2D eigenvalue weighted by Gasteiger charge is 2.38. The largest absolute Gasteiger partial charge is 0.491 e. The molecule has 0 aromatic heterocycles. The number of ether oxygens (including phenoxy) is 3. The Hall–Kier alpha value is -4.15. The van der Waals surface area contributed by atoms with Gasteiger partial charge in [0, 0.05) is 5.39 Å². The van der Waals surface area contributed by atoms with Crippen molar-refractivity contribution in [3.05, 3.63) is 102 Å². The lowest BCUT2D eigenvalue weighted by Crippen LogP contribution is -2.30. The minimum Gasteiger partial charge on any atom is -0.491 e. The van der Waals surface area contributed by atoms with E-state index in [2.05, 4.69) is 0 Å². The number of halogens is 1. The summed E-state index contributed by atoms with van der Waals surface area (Å²) in [6, 6.07) is 25.3. The van der Waals surface area contributed by atoms with Gasteiger partial charge < -0.3 is 14.2 Å². The van der Waals surface area contributed by atoms with E-state index in [4.69, 9.17) is 14.2 Å². The Morgan fingerprint density at radius 2 is 1.53 bits per heavy atom. The molecule has 196 valence electrons. The third kappa shape index (κ3) is 5.71. The van der Waals surface area contributed by atoms with Crippen molar-refractivity contribution in [2.75, 3.05) is 24.1 Å². The second kappa shape index (κ2) is 11.1. The van der Waals surface area contributed by atoms with Crippen LogP contribution in [0.3, 0.4) is 0 Å². The predicted molar refractivity (Wildman–Crippen MR) is 141 cm³/mol. The molecule has 0 radical (unpaired) electrons. The van der Waals surface area contributed by atoms with E-state index in [1.54, 1.807) is 18.2 Å². The van der Waals surface area contributed by atoms with Gasteiger partial charge in [0.2, 0.25) is 0 Å². The van der Waals surface area contributed by atoms with Gasteiger partial charge in [-0.2, -0.15) is 8.42 Å². The number of amides is 1.